The van der Waals surface area contributed by atoms with Crippen molar-refractivity contribution in [2.45, 2.75) is 383 Å². The average molecular weight is 1140 g/mol. The van der Waals surface area contributed by atoms with Gasteiger partial charge in [-0.2, -0.15) is 0 Å². The zero-order chi connectivity index (χ0) is 58.1. The highest BCUT2D eigenvalue weighted by Crippen LogP contribution is 2.30. The summed E-state index contributed by atoms with van der Waals surface area (Å²) in [4.78, 5) is 13.3. The van der Waals surface area contributed by atoms with E-state index in [1.165, 1.54) is 212 Å². The molecule has 0 aromatic rings. The van der Waals surface area contributed by atoms with Crippen LogP contribution in [0.3, 0.4) is 0 Å². The lowest BCUT2D eigenvalue weighted by Crippen LogP contribution is -2.65. The fraction of sp³-hybridized carbons (Fsp3) is 0.955. The summed E-state index contributed by atoms with van der Waals surface area (Å²) in [6.45, 7) is 2.88. The smallest absolute Gasteiger partial charge is 0.220 e. The maximum atomic E-state index is 13.3. The molecule has 9 N–H and O–H groups in total. The van der Waals surface area contributed by atoms with Crippen LogP contribution in [0, 0.1) is 0 Å². The van der Waals surface area contributed by atoms with Crippen LogP contribution in [-0.2, 0) is 23.7 Å². The van der Waals surface area contributed by atoms with Gasteiger partial charge in [-0.15, -0.1) is 0 Å². The second kappa shape index (κ2) is 52.1. The zero-order valence-electron chi connectivity index (χ0n) is 51.4. The molecule has 1 amide bonds. The topological polar surface area (TPSA) is 228 Å². The first-order chi connectivity index (χ1) is 39.1. The maximum absolute atomic E-state index is 13.3. The highest BCUT2D eigenvalue weighted by molar-refractivity contribution is 5.76. The van der Waals surface area contributed by atoms with Crippen LogP contribution >= 0.6 is 0 Å². The van der Waals surface area contributed by atoms with Crippen molar-refractivity contribution in [3.8, 4) is 0 Å². The normalized spacial score (nSPS) is 24.2. The standard InChI is InChI=1S/C66H127NO13/c1-3-5-7-9-11-13-15-17-19-20-21-22-23-24-25-26-27-28-29-30-31-32-33-34-35-36-37-39-41-43-45-47-49-55(70)54(67-58(71)50-48-46-44-42-40-38-18-16-14-12-10-8-6-4-2)53-77-65-63(76)61(74)64(57(52-69)79-65)80-66-62(75)60(73)59(72)56(51-68)78-66/h16,18,54-57,59-66,68-70,72-76H,3-15,17,19-53H2,1-2H3,(H,67,71)/b18-16-. The minimum atomic E-state index is -1.78. The fourth-order valence-electron chi connectivity index (χ4n) is 11.5. The lowest BCUT2D eigenvalue weighted by Gasteiger charge is -2.46. The van der Waals surface area contributed by atoms with Crippen LogP contribution in [0.2, 0.25) is 0 Å². The number of aliphatic hydroxyl groups is 8. The van der Waals surface area contributed by atoms with Gasteiger partial charge in [0.15, 0.2) is 12.6 Å². The molecule has 0 aliphatic carbocycles. The monoisotopic (exact) mass is 1140 g/mol. The molecule has 0 saturated carbocycles. The average Bonchev–Trinajstić information content (AvgIpc) is 3.46. The van der Waals surface area contributed by atoms with Gasteiger partial charge in [-0.05, 0) is 38.5 Å². The van der Waals surface area contributed by atoms with Gasteiger partial charge in [0, 0.05) is 6.42 Å². The van der Waals surface area contributed by atoms with E-state index < -0.39 is 86.8 Å². The van der Waals surface area contributed by atoms with Gasteiger partial charge in [-0.25, -0.2) is 0 Å². The van der Waals surface area contributed by atoms with E-state index in [0.717, 1.165) is 64.2 Å². The number of aliphatic hydroxyl groups excluding tert-OH is 8. The van der Waals surface area contributed by atoms with Crippen molar-refractivity contribution in [1.29, 1.82) is 0 Å². The van der Waals surface area contributed by atoms with Crippen LogP contribution in [0.4, 0.5) is 0 Å². The minimum Gasteiger partial charge on any atom is -0.394 e. The first-order valence-electron chi connectivity index (χ1n) is 33.9. The van der Waals surface area contributed by atoms with Gasteiger partial charge >= 0.3 is 0 Å². The molecular weight excluding hydrogens is 1010 g/mol. The Labute approximate surface area is 488 Å². The summed E-state index contributed by atoms with van der Waals surface area (Å²) in [5, 5.41) is 87.4. The van der Waals surface area contributed by atoms with E-state index in [9.17, 15) is 45.6 Å². The Bertz CT molecular complexity index is 1390. The molecule has 474 valence electrons. The molecule has 2 heterocycles. The molecule has 80 heavy (non-hydrogen) atoms. The molecule has 14 heteroatoms. The Kier molecular flexibility index (Phi) is 48.7. The SMILES string of the molecule is CCCCCCC/C=C\CCCCCCCC(=O)NC(COC1OC(CO)C(OC2OC(CO)C(O)C(O)C2O)C(O)C1O)C(O)CCCCCCCCCCCCCCCCCCCCCCCCCCCCCCCCCC. The number of nitrogens with one attached hydrogen (secondary N) is 1. The van der Waals surface area contributed by atoms with Crippen molar-refractivity contribution < 1.29 is 64.6 Å². The highest BCUT2D eigenvalue weighted by Gasteiger charge is 2.51. The summed E-state index contributed by atoms with van der Waals surface area (Å²) >= 11 is 0. The Hall–Kier alpha value is -1.27. The van der Waals surface area contributed by atoms with Crippen molar-refractivity contribution >= 4 is 5.91 Å². The predicted molar refractivity (Wildman–Crippen MR) is 323 cm³/mol. The Balaban J connectivity index is 1.62. The molecule has 2 fully saturated rings. The van der Waals surface area contributed by atoms with Crippen molar-refractivity contribution in [2.24, 2.45) is 0 Å². The number of amides is 1. The fourth-order valence-corrected chi connectivity index (χ4v) is 11.5. The quantitative estimate of drug-likeness (QED) is 0.0204. The number of ether oxygens (including phenoxy) is 4. The summed E-state index contributed by atoms with van der Waals surface area (Å²) in [5.74, 6) is -0.211. The molecule has 0 radical (unpaired) electrons. The van der Waals surface area contributed by atoms with E-state index in [4.69, 9.17) is 18.9 Å². The molecule has 2 rings (SSSR count). The van der Waals surface area contributed by atoms with Gasteiger partial charge in [-0.1, -0.05) is 276 Å². The van der Waals surface area contributed by atoms with E-state index in [-0.39, 0.29) is 12.5 Å². The third-order valence-electron chi connectivity index (χ3n) is 17.0. The van der Waals surface area contributed by atoms with Crippen LogP contribution in [0.1, 0.15) is 309 Å². The van der Waals surface area contributed by atoms with Gasteiger partial charge in [0.2, 0.25) is 5.91 Å². The third-order valence-corrected chi connectivity index (χ3v) is 17.0. The molecular formula is C66H127NO13. The predicted octanol–water partition coefficient (Wildman–Crippen LogP) is 13.0. The number of unbranched alkanes of at least 4 members (excludes halogenated alkanes) is 41. The van der Waals surface area contributed by atoms with Crippen molar-refractivity contribution in [3.63, 3.8) is 0 Å². The summed E-state index contributed by atoms with van der Waals surface area (Å²) in [6, 6.07) is -0.831. The van der Waals surface area contributed by atoms with Crippen molar-refractivity contribution in [2.75, 3.05) is 19.8 Å². The lowest BCUT2D eigenvalue weighted by molar-refractivity contribution is -0.359. The summed E-state index contributed by atoms with van der Waals surface area (Å²) in [6.07, 6.45) is 45.3. The van der Waals surface area contributed by atoms with Crippen LogP contribution < -0.4 is 5.32 Å². The van der Waals surface area contributed by atoms with E-state index in [0.29, 0.717) is 19.3 Å². The Morgan fingerprint density at radius 2 is 0.787 bits per heavy atom. The van der Waals surface area contributed by atoms with E-state index in [1.807, 2.05) is 0 Å². The summed E-state index contributed by atoms with van der Waals surface area (Å²) in [5.41, 5.74) is 0. The number of hydrogen-bond donors (Lipinski definition) is 9. The van der Waals surface area contributed by atoms with Gasteiger partial charge in [-0.3, -0.25) is 4.79 Å². The second-order valence-electron chi connectivity index (χ2n) is 24.3. The van der Waals surface area contributed by atoms with E-state index >= 15 is 0 Å². The summed E-state index contributed by atoms with van der Waals surface area (Å²) < 4.78 is 22.9. The molecule has 12 atom stereocenters. The first kappa shape index (κ1) is 74.8. The van der Waals surface area contributed by atoms with Crippen LogP contribution in [0.25, 0.3) is 0 Å². The van der Waals surface area contributed by atoms with E-state index in [2.05, 4.69) is 31.3 Å². The molecule has 0 spiro atoms. The number of carbonyl (C=O) groups excluding carboxylic acids is 1. The molecule has 12 unspecified atom stereocenters. The molecule has 2 aliphatic rings. The van der Waals surface area contributed by atoms with Crippen LogP contribution in [0.15, 0.2) is 12.2 Å². The Morgan fingerprint density at radius 3 is 1.19 bits per heavy atom. The molecule has 2 aliphatic heterocycles. The minimum absolute atomic E-state index is 0.211. The zero-order valence-corrected chi connectivity index (χ0v) is 51.4. The Morgan fingerprint density at radius 1 is 0.438 bits per heavy atom. The number of carbonyl (C=O) groups is 1. The molecule has 2 saturated heterocycles. The van der Waals surface area contributed by atoms with Crippen LogP contribution in [-0.4, -0.2) is 140 Å². The molecule has 0 aromatic carbocycles. The number of rotatable bonds is 56. The molecule has 0 aromatic heterocycles. The van der Waals surface area contributed by atoms with E-state index in [1.54, 1.807) is 0 Å². The largest absolute Gasteiger partial charge is 0.394 e. The maximum Gasteiger partial charge on any atom is 0.220 e. The van der Waals surface area contributed by atoms with Crippen molar-refractivity contribution in [3.05, 3.63) is 12.2 Å². The first-order valence-corrected chi connectivity index (χ1v) is 33.9. The second-order valence-corrected chi connectivity index (χ2v) is 24.3. The third kappa shape index (κ3) is 36.5. The van der Waals surface area contributed by atoms with Gasteiger partial charge in [0.1, 0.15) is 48.8 Å². The van der Waals surface area contributed by atoms with Crippen LogP contribution in [0.5, 0.6) is 0 Å². The molecule has 0 bridgehead atoms. The van der Waals surface area contributed by atoms with Crippen molar-refractivity contribution in [1.82, 2.24) is 5.32 Å². The summed E-state index contributed by atoms with van der Waals surface area (Å²) in [7, 11) is 0. The highest BCUT2D eigenvalue weighted by atomic mass is 16.7. The van der Waals surface area contributed by atoms with Gasteiger partial charge in [0.05, 0.1) is 32.0 Å². The lowest BCUT2D eigenvalue weighted by atomic mass is 9.97. The van der Waals surface area contributed by atoms with Gasteiger partial charge in [0.25, 0.3) is 0 Å². The number of hydrogen-bond acceptors (Lipinski definition) is 13. The van der Waals surface area contributed by atoms with Gasteiger partial charge < -0.3 is 65.1 Å². The number of allylic oxidation sites excluding steroid dienone is 2. The molecule has 14 nitrogen and oxygen atoms in total.